The lowest BCUT2D eigenvalue weighted by atomic mass is 9.74. The van der Waals surface area contributed by atoms with Crippen molar-refractivity contribution < 1.29 is 4.74 Å². The van der Waals surface area contributed by atoms with Gasteiger partial charge in [-0.15, -0.1) is 0 Å². The Kier molecular flexibility index (Phi) is 4.37. The predicted molar refractivity (Wildman–Crippen MR) is 115 cm³/mol. The summed E-state index contributed by atoms with van der Waals surface area (Å²) in [6.45, 7) is 10.6. The van der Waals surface area contributed by atoms with Gasteiger partial charge < -0.3 is 10.1 Å². The maximum atomic E-state index is 5.42. The topological polar surface area (TPSA) is 27.7 Å². The van der Waals surface area contributed by atoms with Crippen LogP contribution in [0, 0.1) is 0 Å². The highest BCUT2D eigenvalue weighted by atomic mass is 16.5. The minimum absolute atomic E-state index is 0.0249. The van der Waals surface area contributed by atoms with Gasteiger partial charge in [0.25, 0.3) is 0 Å². The number of nitrogens with one attached hydrogen (secondary N) is 1. The Morgan fingerprint density at radius 3 is 2.46 bits per heavy atom. The fraction of sp³-hybridized carbons (Fsp3) is 0.500. The van der Waals surface area contributed by atoms with Crippen molar-refractivity contribution in [2.75, 3.05) is 38.6 Å². The number of benzene rings is 2. The van der Waals surface area contributed by atoms with E-state index in [0.29, 0.717) is 0 Å². The summed E-state index contributed by atoms with van der Waals surface area (Å²) in [6, 6.07) is 14.2. The number of methoxy groups -OCH3 is 1. The first kappa shape index (κ1) is 18.0. The average Bonchev–Trinajstić information content (AvgIpc) is 3.54. The molecule has 0 aromatic heterocycles. The number of fused-ring (bicyclic) bond motifs is 2. The maximum absolute atomic E-state index is 5.42. The van der Waals surface area contributed by atoms with Crippen LogP contribution in [0.15, 0.2) is 36.4 Å². The molecule has 148 valence electrons. The molecular weight excluding hydrogens is 346 g/mol. The van der Waals surface area contributed by atoms with Gasteiger partial charge >= 0.3 is 0 Å². The van der Waals surface area contributed by atoms with Crippen LogP contribution in [-0.2, 0) is 12.0 Å². The lowest BCUT2D eigenvalue weighted by Gasteiger charge is -2.37. The molecular formula is C24H31N3O. The summed E-state index contributed by atoms with van der Waals surface area (Å²) in [6.07, 6.45) is 2.83. The summed E-state index contributed by atoms with van der Waals surface area (Å²) in [7, 11) is 1.72. The zero-order valence-electron chi connectivity index (χ0n) is 17.3. The monoisotopic (exact) mass is 377 g/mol. The minimum atomic E-state index is -0.0249. The van der Waals surface area contributed by atoms with Gasteiger partial charge in [0.2, 0.25) is 0 Å². The lowest BCUT2D eigenvalue weighted by Crippen LogP contribution is -2.46. The lowest BCUT2D eigenvalue weighted by molar-refractivity contribution is 0.121. The van der Waals surface area contributed by atoms with E-state index < -0.39 is 0 Å². The quantitative estimate of drug-likeness (QED) is 0.857. The number of hydrogen-bond acceptors (Lipinski definition) is 4. The van der Waals surface area contributed by atoms with E-state index in [2.05, 4.69) is 65.4 Å². The van der Waals surface area contributed by atoms with Gasteiger partial charge in [-0.05, 0) is 41.7 Å². The van der Waals surface area contributed by atoms with Crippen molar-refractivity contribution in [2.24, 2.45) is 0 Å². The second-order valence-corrected chi connectivity index (χ2v) is 9.08. The summed E-state index contributed by atoms with van der Waals surface area (Å²) >= 11 is 0. The van der Waals surface area contributed by atoms with Gasteiger partial charge in [0.15, 0.2) is 0 Å². The highest BCUT2D eigenvalue weighted by Crippen LogP contribution is 2.46. The number of ether oxygens (including phenoxy) is 1. The Bertz CT molecular complexity index is 879. The van der Waals surface area contributed by atoms with E-state index in [-0.39, 0.29) is 5.41 Å². The van der Waals surface area contributed by atoms with Gasteiger partial charge in [0, 0.05) is 61.6 Å². The molecule has 0 radical (unpaired) electrons. The fourth-order valence-electron chi connectivity index (χ4n) is 4.89. The Balaban J connectivity index is 1.36. The van der Waals surface area contributed by atoms with E-state index in [0.717, 1.165) is 24.0 Å². The molecule has 0 atom stereocenters. The van der Waals surface area contributed by atoms with E-state index in [1.807, 2.05) is 0 Å². The summed E-state index contributed by atoms with van der Waals surface area (Å²) in [4.78, 5) is 5.30. The second-order valence-electron chi connectivity index (χ2n) is 9.08. The Labute approximate surface area is 168 Å². The smallest absolute Gasteiger partial charge is 0.120 e. The molecule has 5 rings (SSSR count). The minimum Gasteiger partial charge on any atom is -0.497 e. The third-order valence-corrected chi connectivity index (χ3v) is 6.80. The van der Waals surface area contributed by atoms with Crippen molar-refractivity contribution in [3.8, 4) is 5.75 Å². The number of rotatable bonds is 4. The normalized spacial score (nSPS) is 21.5. The van der Waals surface area contributed by atoms with Crippen molar-refractivity contribution in [1.29, 1.82) is 0 Å². The molecule has 3 aliphatic rings. The molecule has 0 spiro atoms. The third-order valence-electron chi connectivity index (χ3n) is 6.80. The number of nitrogens with zero attached hydrogens (tertiary/aromatic N) is 2. The molecule has 2 heterocycles. The van der Waals surface area contributed by atoms with Crippen LogP contribution in [0.3, 0.4) is 0 Å². The van der Waals surface area contributed by atoms with Crippen LogP contribution in [-0.4, -0.2) is 49.1 Å². The zero-order chi connectivity index (χ0) is 19.3. The molecule has 2 fully saturated rings. The van der Waals surface area contributed by atoms with Gasteiger partial charge in [0.1, 0.15) is 5.75 Å². The van der Waals surface area contributed by atoms with Crippen molar-refractivity contribution in [1.82, 2.24) is 9.80 Å². The molecule has 1 aliphatic carbocycles. The predicted octanol–water partition coefficient (Wildman–Crippen LogP) is 4.36. The molecule has 1 N–H and O–H groups in total. The molecule has 2 aromatic rings. The number of anilines is 2. The summed E-state index contributed by atoms with van der Waals surface area (Å²) in [5.74, 6) is 0.896. The van der Waals surface area contributed by atoms with Gasteiger partial charge in [-0.2, -0.15) is 0 Å². The van der Waals surface area contributed by atoms with Gasteiger partial charge in [-0.3, -0.25) is 9.80 Å². The van der Waals surface area contributed by atoms with Gasteiger partial charge in [-0.25, -0.2) is 0 Å². The van der Waals surface area contributed by atoms with E-state index in [9.17, 15) is 0 Å². The van der Waals surface area contributed by atoms with Crippen molar-refractivity contribution >= 4 is 11.4 Å². The van der Waals surface area contributed by atoms with Crippen LogP contribution in [0.2, 0.25) is 0 Å². The molecule has 28 heavy (non-hydrogen) atoms. The molecule has 4 nitrogen and oxygen atoms in total. The Morgan fingerprint density at radius 1 is 0.964 bits per heavy atom. The van der Waals surface area contributed by atoms with Crippen LogP contribution in [0.5, 0.6) is 5.75 Å². The van der Waals surface area contributed by atoms with Crippen LogP contribution in [0.25, 0.3) is 0 Å². The van der Waals surface area contributed by atoms with Crippen LogP contribution in [0.1, 0.15) is 43.4 Å². The Morgan fingerprint density at radius 2 is 1.75 bits per heavy atom. The highest BCUT2D eigenvalue weighted by Gasteiger charge is 2.34. The average molecular weight is 378 g/mol. The van der Waals surface area contributed by atoms with E-state index in [1.165, 1.54) is 61.4 Å². The molecule has 0 unspecified atom stereocenters. The first-order valence-corrected chi connectivity index (χ1v) is 10.6. The highest BCUT2D eigenvalue weighted by molar-refractivity contribution is 5.76. The number of hydrogen-bond donors (Lipinski definition) is 1. The van der Waals surface area contributed by atoms with Crippen LogP contribution < -0.4 is 10.1 Å². The molecule has 0 amide bonds. The molecule has 1 saturated carbocycles. The van der Waals surface area contributed by atoms with Crippen LogP contribution in [0.4, 0.5) is 11.4 Å². The zero-order valence-corrected chi connectivity index (χ0v) is 17.3. The fourth-order valence-corrected chi connectivity index (χ4v) is 4.89. The summed E-state index contributed by atoms with van der Waals surface area (Å²) in [5, 5.41) is 3.63. The molecule has 4 heteroatoms. The molecule has 2 aliphatic heterocycles. The van der Waals surface area contributed by atoms with Gasteiger partial charge in [-0.1, -0.05) is 32.0 Å². The number of piperazine rings is 1. The second kappa shape index (κ2) is 6.78. The first-order valence-electron chi connectivity index (χ1n) is 10.6. The summed E-state index contributed by atoms with van der Waals surface area (Å²) < 4.78 is 5.42. The SMILES string of the molecule is COc1ccc2c(c1)Nc1ccc(CN3CCN(C4CC4)CC3)cc1C2(C)C. The van der Waals surface area contributed by atoms with Crippen LogP contribution >= 0.6 is 0 Å². The van der Waals surface area contributed by atoms with Crippen molar-refractivity contribution in [3.63, 3.8) is 0 Å². The van der Waals surface area contributed by atoms with Crippen molar-refractivity contribution in [2.45, 2.75) is 44.7 Å². The third kappa shape index (κ3) is 3.19. The summed E-state index contributed by atoms with van der Waals surface area (Å²) in [5.41, 5.74) is 6.48. The standard InChI is InChI=1S/C24H31N3O/c1-24(2)20-8-7-19(28-3)15-23(20)25-22-9-4-17(14-21(22)24)16-26-10-12-27(13-11-26)18-5-6-18/h4,7-9,14-15,18,25H,5-6,10-13,16H2,1-3H3. The molecule has 1 saturated heterocycles. The Hall–Kier alpha value is -2.04. The molecule has 0 bridgehead atoms. The van der Waals surface area contributed by atoms with Crippen molar-refractivity contribution in [3.05, 3.63) is 53.1 Å². The van der Waals surface area contributed by atoms with E-state index in [4.69, 9.17) is 4.74 Å². The molecule has 2 aromatic carbocycles. The van der Waals surface area contributed by atoms with E-state index in [1.54, 1.807) is 7.11 Å². The van der Waals surface area contributed by atoms with E-state index >= 15 is 0 Å². The first-order chi connectivity index (χ1) is 13.5. The largest absolute Gasteiger partial charge is 0.497 e. The van der Waals surface area contributed by atoms with Gasteiger partial charge in [0.05, 0.1) is 7.11 Å². The maximum Gasteiger partial charge on any atom is 0.120 e.